The molecule has 1 aliphatic carbocycles. The van der Waals surface area contributed by atoms with Crippen LogP contribution < -0.4 is 5.73 Å². The van der Waals surface area contributed by atoms with E-state index >= 15 is 0 Å². The van der Waals surface area contributed by atoms with Crippen molar-refractivity contribution in [1.82, 2.24) is 10.1 Å². The summed E-state index contributed by atoms with van der Waals surface area (Å²) in [6, 6.07) is 1.94. The first-order valence-corrected chi connectivity index (χ1v) is 6.25. The fourth-order valence-corrected chi connectivity index (χ4v) is 2.64. The van der Waals surface area contributed by atoms with Crippen molar-refractivity contribution in [2.45, 2.75) is 44.6 Å². The molecule has 0 aliphatic heterocycles. The molecule has 2 N–H and O–H groups in total. The molecule has 5 nitrogen and oxygen atoms in total. The quantitative estimate of drug-likeness (QED) is 0.881. The van der Waals surface area contributed by atoms with Crippen LogP contribution in [0.4, 0.5) is 0 Å². The summed E-state index contributed by atoms with van der Waals surface area (Å²) in [5, 5.41) is 4.04. The largest absolute Gasteiger partial charge is 0.469 e. The first-order valence-electron chi connectivity index (χ1n) is 6.25. The van der Waals surface area contributed by atoms with E-state index in [0.29, 0.717) is 11.7 Å². The van der Waals surface area contributed by atoms with Gasteiger partial charge < -0.3 is 14.7 Å². The normalized spacial score (nSPS) is 27.8. The van der Waals surface area contributed by atoms with Gasteiger partial charge in [0.2, 0.25) is 11.7 Å². The van der Waals surface area contributed by atoms with Gasteiger partial charge in [-0.15, -0.1) is 0 Å². The smallest absolute Gasteiger partial charge is 0.234 e. The van der Waals surface area contributed by atoms with Gasteiger partial charge in [-0.25, -0.2) is 0 Å². The molecule has 2 aromatic rings. The summed E-state index contributed by atoms with van der Waals surface area (Å²) in [5.74, 6) is 2.02. The van der Waals surface area contributed by atoms with E-state index in [1.807, 2.05) is 13.0 Å². The van der Waals surface area contributed by atoms with Crippen LogP contribution in [-0.4, -0.2) is 16.2 Å². The summed E-state index contributed by atoms with van der Waals surface area (Å²) in [6.07, 6.45) is 4.75. The number of hydrogen-bond donors (Lipinski definition) is 1. The van der Waals surface area contributed by atoms with E-state index in [9.17, 15) is 0 Å². The summed E-state index contributed by atoms with van der Waals surface area (Å²) in [7, 11) is 0. The zero-order valence-electron chi connectivity index (χ0n) is 10.6. The van der Waals surface area contributed by atoms with E-state index in [4.69, 9.17) is 14.7 Å². The predicted molar refractivity (Wildman–Crippen MR) is 65.9 cm³/mol. The second-order valence-corrected chi connectivity index (χ2v) is 5.23. The number of aryl methyl sites for hydroxylation is 1. The van der Waals surface area contributed by atoms with Gasteiger partial charge in [-0.1, -0.05) is 11.6 Å². The van der Waals surface area contributed by atoms with Crippen LogP contribution in [0.5, 0.6) is 0 Å². The van der Waals surface area contributed by atoms with Crippen molar-refractivity contribution >= 4 is 0 Å². The predicted octanol–water partition coefficient (Wildman–Crippen LogP) is 2.41. The highest BCUT2D eigenvalue weighted by Gasteiger charge is 2.42. The van der Waals surface area contributed by atoms with E-state index in [1.165, 1.54) is 0 Å². The third kappa shape index (κ3) is 1.58. The Bertz CT molecular complexity index is 560. The van der Waals surface area contributed by atoms with E-state index in [2.05, 4.69) is 17.1 Å². The molecule has 1 aliphatic rings. The molecule has 0 saturated heterocycles. The number of nitrogens with zero attached hydrogens (tertiary/aromatic N) is 2. The van der Waals surface area contributed by atoms with Gasteiger partial charge in [0.05, 0.1) is 17.2 Å². The van der Waals surface area contributed by atoms with Crippen molar-refractivity contribution in [2.24, 2.45) is 5.73 Å². The number of furan rings is 1. The Balaban J connectivity index is 1.97. The highest BCUT2D eigenvalue weighted by molar-refractivity contribution is 5.56. The molecule has 1 fully saturated rings. The van der Waals surface area contributed by atoms with Gasteiger partial charge in [-0.2, -0.15) is 4.98 Å². The maximum Gasteiger partial charge on any atom is 0.234 e. The van der Waals surface area contributed by atoms with Crippen LogP contribution in [0.15, 0.2) is 21.3 Å². The molecule has 0 radical (unpaired) electrons. The molecule has 0 amide bonds. The van der Waals surface area contributed by atoms with Gasteiger partial charge in [0, 0.05) is 6.04 Å². The molecule has 2 atom stereocenters. The Morgan fingerprint density at radius 1 is 1.50 bits per heavy atom. The first kappa shape index (κ1) is 11.5. The molecule has 2 unspecified atom stereocenters. The summed E-state index contributed by atoms with van der Waals surface area (Å²) in [4.78, 5) is 4.50. The molecule has 0 spiro atoms. The fraction of sp³-hybridized carbons (Fsp3) is 0.538. The lowest BCUT2D eigenvalue weighted by Crippen LogP contribution is -2.38. The maximum atomic E-state index is 6.16. The third-order valence-electron chi connectivity index (χ3n) is 4.04. The van der Waals surface area contributed by atoms with Gasteiger partial charge in [0.25, 0.3) is 0 Å². The Labute approximate surface area is 105 Å². The zero-order chi connectivity index (χ0) is 12.8. The van der Waals surface area contributed by atoms with Gasteiger partial charge >= 0.3 is 0 Å². The van der Waals surface area contributed by atoms with Crippen molar-refractivity contribution in [3.05, 3.63) is 24.0 Å². The minimum Gasteiger partial charge on any atom is -0.469 e. The van der Waals surface area contributed by atoms with Crippen LogP contribution >= 0.6 is 0 Å². The minimum atomic E-state index is -0.192. The molecule has 3 rings (SSSR count). The molecular formula is C13H17N3O2. The summed E-state index contributed by atoms with van der Waals surface area (Å²) >= 11 is 0. The molecule has 2 aromatic heterocycles. The first-order chi connectivity index (χ1) is 8.61. The highest BCUT2D eigenvalue weighted by Crippen LogP contribution is 2.39. The number of nitrogens with two attached hydrogens (primary N) is 1. The SMILES string of the molecule is Cc1occc1-c1noc(C2(C)CCCC2N)n1. The van der Waals surface area contributed by atoms with Crippen molar-refractivity contribution in [3.63, 3.8) is 0 Å². The number of rotatable bonds is 2. The average molecular weight is 247 g/mol. The van der Waals surface area contributed by atoms with Crippen LogP contribution in [0, 0.1) is 6.92 Å². The van der Waals surface area contributed by atoms with E-state index < -0.39 is 0 Å². The van der Waals surface area contributed by atoms with Crippen molar-refractivity contribution < 1.29 is 8.94 Å². The molecule has 2 heterocycles. The molecular weight excluding hydrogens is 230 g/mol. The van der Waals surface area contributed by atoms with E-state index in [0.717, 1.165) is 30.6 Å². The van der Waals surface area contributed by atoms with Crippen LogP contribution in [0.1, 0.15) is 37.8 Å². The van der Waals surface area contributed by atoms with Crippen LogP contribution in [-0.2, 0) is 5.41 Å². The maximum absolute atomic E-state index is 6.16. The molecule has 0 aromatic carbocycles. The number of hydrogen-bond acceptors (Lipinski definition) is 5. The summed E-state index contributed by atoms with van der Waals surface area (Å²) in [6.45, 7) is 3.98. The Hall–Kier alpha value is -1.62. The lowest BCUT2D eigenvalue weighted by atomic mass is 9.85. The number of aromatic nitrogens is 2. The van der Waals surface area contributed by atoms with Gasteiger partial charge in [0.1, 0.15) is 5.76 Å². The Morgan fingerprint density at radius 3 is 2.94 bits per heavy atom. The van der Waals surface area contributed by atoms with E-state index in [-0.39, 0.29) is 11.5 Å². The molecule has 0 bridgehead atoms. The topological polar surface area (TPSA) is 78.1 Å². The van der Waals surface area contributed by atoms with Crippen molar-refractivity contribution in [1.29, 1.82) is 0 Å². The Morgan fingerprint density at radius 2 is 2.33 bits per heavy atom. The minimum absolute atomic E-state index is 0.0937. The van der Waals surface area contributed by atoms with E-state index in [1.54, 1.807) is 6.26 Å². The van der Waals surface area contributed by atoms with Crippen molar-refractivity contribution in [2.75, 3.05) is 0 Å². The van der Waals surface area contributed by atoms with Gasteiger partial charge in [0.15, 0.2) is 0 Å². The highest BCUT2D eigenvalue weighted by atomic mass is 16.5. The standard InChI is InChI=1S/C13H17N3O2/c1-8-9(5-7-17-8)11-15-12(18-16-11)13(2)6-3-4-10(13)14/h5,7,10H,3-4,6,14H2,1-2H3. The molecule has 1 saturated carbocycles. The van der Waals surface area contributed by atoms with Gasteiger partial charge in [-0.05, 0) is 32.8 Å². The lowest BCUT2D eigenvalue weighted by Gasteiger charge is -2.23. The zero-order valence-corrected chi connectivity index (χ0v) is 10.6. The monoisotopic (exact) mass is 247 g/mol. The fourth-order valence-electron chi connectivity index (χ4n) is 2.64. The Kier molecular flexibility index (Phi) is 2.52. The van der Waals surface area contributed by atoms with Crippen LogP contribution in [0.2, 0.25) is 0 Å². The molecule has 18 heavy (non-hydrogen) atoms. The summed E-state index contributed by atoms with van der Waals surface area (Å²) < 4.78 is 10.7. The molecule has 96 valence electrons. The third-order valence-corrected chi connectivity index (χ3v) is 4.04. The average Bonchev–Trinajstić information content (AvgIpc) is 3.01. The van der Waals surface area contributed by atoms with Crippen molar-refractivity contribution in [3.8, 4) is 11.4 Å². The molecule has 5 heteroatoms. The van der Waals surface area contributed by atoms with Crippen LogP contribution in [0.3, 0.4) is 0 Å². The second-order valence-electron chi connectivity index (χ2n) is 5.23. The summed E-state index contributed by atoms with van der Waals surface area (Å²) in [5.41, 5.74) is 6.84. The second kappa shape index (κ2) is 3.95. The van der Waals surface area contributed by atoms with Gasteiger partial charge in [-0.3, -0.25) is 0 Å². The van der Waals surface area contributed by atoms with Crippen LogP contribution in [0.25, 0.3) is 11.4 Å². The lowest BCUT2D eigenvalue weighted by molar-refractivity contribution is 0.278.